The highest BCUT2D eigenvalue weighted by Gasteiger charge is 2.32. The summed E-state index contributed by atoms with van der Waals surface area (Å²) in [6, 6.07) is 7.20. The van der Waals surface area contributed by atoms with Crippen molar-refractivity contribution < 1.29 is 0 Å². The van der Waals surface area contributed by atoms with Gasteiger partial charge in [0.1, 0.15) is 0 Å². The van der Waals surface area contributed by atoms with Crippen LogP contribution in [-0.4, -0.2) is 28.6 Å². The molecule has 2 aromatic heterocycles. The second kappa shape index (κ2) is 9.97. The van der Waals surface area contributed by atoms with Gasteiger partial charge in [0.15, 0.2) is 0 Å². The van der Waals surface area contributed by atoms with Crippen LogP contribution in [0.2, 0.25) is 0 Å². The Hall–Kier alpha value is -0.850. The number of fused-ring (bicyclic) bond motifs is 4. The molecule has 2 aromatic rings. The minimum Gasteiger partial charge on any atom is -0.316 e. The van der Waals surface area contributed by atoms with Crippen molar-refractivity contribution >= 4 is 36.2 Å². The van der Waals surface area contributed by atoms with Gasteiger partial charge in [-0.05, 0) is 60.2 Å². The van der Waals surface area contributed by atoms with Gasteiger partial charge in [-0.2, -0.15) is 11.3 Å². The SMILES string of the molecule is Cl.Cl.O=c1c(CN(Cc2ccsc2)C2CCCC2)ccc2n1C[C@@H]1CNC[C@H]2C1. The van der Waals surface area contributed by atoms with Gasteiger partial charge in [-0.25, -0.2) is 0 Å². The zero-order chi connectivity index (χ0) is 18.2. The topological polar surface area (TPSA) is 37.3 Å². The molecule has 1 saturated heterocycles. The van der Waals surface area contributed by atoms with E-state index in [-0.39, 0.29) is 30.4 Å². The molecule has 29 heavy (non-hydrogen) atoms. The molecule has 1 N–H and O–H groups in total. The maximum atomic E-state index is 13.3. The molecule has 0 unspecified atom stereocenters. The second-order valence-corrected chi connectivity index (χ2v) is 9.41. The summed E-state index contributed by atoms with van der Waals surface area (Å²) in [4.78, 5) is 15.9. The highest BCUT2D eigenvalue weighted by atomic mass is 35.5. The van der Waals surface area contributed by atoms with Crippen molar-refractivity contribution in [3.63, 3.8) is 0 Å². The molecule has 2 atom stereocenters. The van der Waals surface area contributed by atoms with Gasteiger partial charge >= 0.3 is 0 Å². The Kier molecular flexibility index (Phi) is 7.85. The normalized spacial score (nSPS) is 23.3. The number of nitrogens with one attached hydrogen (secondary N) is 1. The van der Waals surface area contributed by atoms with E-state index < -0.39 is 0 Å². The van der Waals surface area contributed by atoms with E-state index >= 15 is 0 Å². The van der Waals surface area contributed by atoms with E-state index in [1.165, 1.54) is 43.4 Å². The molecule has 4 heterocycles. The summed E-state index contributed by atoms with van der Waals surface area (Å²) >= 11 is 1.76. The first kappa shape index (κ1) is 22.8. The van der Waals surface area contributed by atoms with Crippen LogP contribution in [0.15, 0.2) is 33.8 Å². The molecule has 4 nitrogen and oxygen atoms in total. The van der Waals surface area contributed by atoms with E-state index in [9.17, 15) is 4.79 Å². The van der Waals surface area contributed by atoms with Gasteiger partial charge in [0.25, 0.3) is 5.56 Å². The standard InChI is InChI=1S/C22H29N3OS.2ClH/c26-22-18(5-6-21-19-9-17(10-23-11-19)13-25(21)22)14-24(20-3-1-2-4-20)12-16-7-8-27-15-16;;/h5-8,15,17,19-20,23H,1-4,9-14H2;2*1H/t17-,19+;;/m0../s1. The van der Waals surface area contributed by atoms with Gasteiger partial charge in [0.05, 0.1) is 0 Å². The van der Waals surface area contributed by atoms with Crippen LogP contribution in [0.5, 0.6) is 0 Å². The number of hydrogen-bond acceptors (Lipinski definition) is 4. The molecule has 1 aliphatic carbocycles. The summed E-state index contributed by atoms with van der Waals surface area (Å²) in [5.41, 5.74) is 3.87. The lowest BCUT2D eigenvalue weighted by molar-refractivity contribution is 0.179. The predicted molar refractivity (Wildman–Crippen MR) is 125 cm³/mol. The molecule has 1 saturated carbocycles. The number of pyridine rings is 1. The molecular weight excluding hydrogens is 425 g/mol. The molecule has 3 aliphatic rings. The lowest BCUT2D eigenvalue weighted by Gasteiger charge is -2.38. The number of thiophene rings is 1. The van der Waals surface area contributed by atoms with Gasteiger partial charge < -0.3 is 9.88 Å². The average molecular weight is 456 g/mol. The lowest BCUT2D eigenvalue weighted by Crippen LogP contribution is -2.46. The van der Waals surface area contributed by atoms with Crippen molar-refractivity contribution in [2.45, 2.75) is 63.7 Å². The largest absolute Gasteiger partial charge is 0.316 e. The summed E-state index contributed by atoms with van der Waals surface area (Å²) in [7, 11) is 0. The Morgan fingerprint density at radius 3 is 2.69 bits per heavy atom. The van der Waals surface area contributed by atoms with Crippen LogP contribution in [0.3, 0.4) is 0 Å². The molecule has 0 amide bonds. The molecular formula is C22H31Cl2N3OS. The summed E-state index contributed by atoms with van der Waals surface area (Å²) in [5.74, 6) is 1.12. The summed E-state index contributed by atoms with van der Waals surface area (Å²) in [5, 5.41) is 7.93. The molecule has 2 aliphatic heterocycles. The molecule has 0 aromatic carbocycles. The molecule has 5 rings (SSSR count). The first-order chi connectivity index (χ1) is 13.3. The minimum absolute atomic E-state index is 0. The second-order valence-electron chi connectivity index (χ2n) is 8.63. The van der Waals surface area contributed by atoms with Gasteiger partial charge in [-0.1, -0.05) is 18.9 Å². The molecule has 2 bridgehead atoms. The number of rotatable bonds is 5. The first-order valence-corrected chi connectivity index (χ1v) is 11.4. The fourth-order valence-electron chi connectivity index (χ4n) is 5.38. The van der Waals surface area contributed by atoms with E-state index in [1.807, 2.05) is 0 Å². The summed E-state index contributed by atoms with van der Waals surface area (Å²) in [6.07, 6.45) is 6.42. The predicted octanol–water partition coefficient (Wildman–Crippen LogP) is 4.40. The number of nitrogens with zero attached hydrogens (tertiary/aromatic N) is 2. The van der Waals surface area contributed by atoms with Crippen molar-refractivity contribution in [1.82, 2.24) is 14.8 Å². The molecule has 0 radical (unpaired) electrons. The van der Waals surface area contributed by atoms with Gasteiger partial charge in [-0.15, -0.1) is 24.8 Å². The number of piperidine rings is 1. The molecule has 0 spiro atoms. The number of hydrogen-bond donors (Lipinski definition) is 1. The molecule has 7 heteroatoms. The van der Waals surface area contributed by atoms with Crippen LogP contribution >= 0.6 is 36.2 Å². The van der Waals surface area contributed by atoms with Crippen LogP contribution in [-0.2, 0) is 19.6 Å². The van der Waals surface area contributed by atoms with Crippen LogP contribution in [0.4, 0.5) is 0 Å². The maximum absolute atomic E-state index is 13.3. The van der Waals surface area contributed by atoms with Crippen LogP contribution in [0.25, 0.3) is 0 Å². The Morgan fingerprint density at radius 2 is 1.93 bits per heavy atom. The van der Waals surface area contributed by atoms with E-state index in [4.69, 9.17) is 0 Å². The fraction of sp³-hybridized carbons (Fsp3) is 0.591. The zero-order valence-corrected chi connectivity index (χ0v) is 19.2. The quantitative estimate of drug-likeness (QED) is 0.725. The minimum atomic E-state index is 0. The molecule has 160 valence electrons. The third-order valence-electron chi connectivity index (χ3n) is 6.77. The van der Waals surface area contributed by atoms with Crippen molar-refractivity contribution in [2.75, 3.05) is 13.1 Å². The van der Waals surface area contributed by atoms with E-state index in [0.29, 0.717) is 17.9 Å². The maximum Gasteiger partial charge on any atom is 0.255 e. The Labute approximate surface area is 189 Å². The Morgan fingerprint density at radius 1 is 1.10 bits per heavy atom. The van der Waals surface area contributed by atoms with Crippen LogP contribution < -0.4 is 10.9 Å². The van der Waals surface area contributed by atoms with Crippen molar-refractivity contribution in [2.24, 2.45) is 5.92 Å². The van der Waals surface area contributed by atoms with Gasteiger partial charge in [0, 0.05) is 49.4 Å². The average Bonchev–Trinajstić information content (AvgIpc) is 3.38. The van der Waals surface area contributed by atoms with E-state index in [0.717, 1.165) is 38.3 Å². The highest BCUT2D eigenvalue weighted by Crippen LogP contribution is 2.32. The Balaban J connectivity index is 0.00000120. The smallest absolute Gasteiger partial charge is 0.255 e. The number of aromatic nitrogens is 1. The Bertz CT molecular complexity index is 848. The fourth-order valence-corrected chi connectivity index (χ4v) is 6.04. The van der Waals surface area contributed by atoms with Crippen molar-refractivity contribution in [3.05, 3.63) is 56.1 Å². The summed E-state index contributed by atoms with van der Waals surface area (Å²) < 4.78 is 2.10. The van der Waals surface area contributed by atoms with Crippen molar-refractivity contribution in [1.29, 1.82) is 0 Å². The van der Waals surface area contributed by atoms with Gasteiger partial charge in [-0.3, -0.25) is 9.69 Å². The lowest BCUT2D eigenvalue weighted by atomic mass is 9.84. The van der Waals surface area contributed by atoms with E-state index in [2.05, 4.69) is 43.7 Å². The van der Waals surface area contributed by atoms with Crippen LogP contribution in [0, 0.1) is 5.92 Å². The first-order valence-electron chi connectivity index (χ1n) is 10.5. The van der Waals surface area contributed by atoms with Crippen molar-refractivity contribution in [3.8, 4) is 0 Å². The number of halogens is 2. The third kappa shape index (κ3) is 4.75. The molecule has 2 fully saturated rings. The van der Waals surface area contributed by atoms with Crippen LogP contribution in [0.1, 0.15) is 54.8 Å². The third-order valence-corrected chi connectivity index (χ3v) is 7.50. The van der Waals surface area contributed by atoms with Gasteiger partial charge in [0.2, 0.25) is 0 Å². The zero-order valence-electron chi connectivity index (χ0n) is 16.7. The summed E-state index contributed by atoms with van der Waals surface area (Å²) in [6.45, 7) is 4.71. The highest BCUT2D eigenvalue weighted by molar-refractivity contribution is 7.07. The van der Waals surface area contributed by atoms with E-state index in [1.54, 1.807) is 11.3 Å². The monoisotopic (exact) mass is 455 g/mol.